The summed E-state index contributed by atoms with van der Waals surface area (Å²) in [6.45, 7) is 4.46. The van der Waals surface area contributed by atoms with Gasteiger partial charge in [-0.3, -0.25) is 0 Å². The van der Waals surface area contributed by atoms with Crippen LogP contribution in [-0.2, 0) is 0 Å². The van der Waals surface area contributed by atoms with E-state index in [1.54, 1.807) is 0 Å². The average molecular weight is 1860 g/mol. The Morgan fingerprint density at radius 1 is 0.110 bits per heavy atom. The molecule has 686 valence electrons. The summed E-state index contributed by atoms with van der Waals surface area (Å²) < 4.78 is 14.3. The van der Waals surface area contributed by atoms with Crippen LogP contribution in [0.3, 0.4) is 0 Å². The number of aryl methyl sites for hydroxylation is 2. The second-order valence-electron chi connectivity index (χ2n) is 38.1. The molecule has 0 fully saturated rings. The highest BCUT2D eigenvalue weighted by molar-refractivity contribution is 6.18. The van der Waals surface area contributed by atoms with Crippen molar-refractivity contribution in [2.45, 2.75) is 13.8 Å². The molecule has 0 N–H and O–H groups in total. The van der Waals surface area contributed by atoms with Crippen molar-refractivity contribution in [3.8, 4) is 123 Å². The molecule has 0 aliphatic carbocycles. The van der Waals surface area contributed by atoms with Crippen molar-refractivity contribution < 1.29 is 0 Å². The second-order valence-corrected chi connectivity index (χ2v) is 38.1. The van der Waals surface area contributed by atoms with Crippen molar-refractivity contribution in [1.29, 1.82) is 0 Å². The van der Waals surface area contributed by atoms with Gasteiger partial charge in [0.2, 0.25) is 0 Å². The highest BCUT2D eigenvalue weighted by atomic mass is 15.0. The molecule has 0 spiro atoms. The zero-order valence-electron chi connectivity index (χ0n) is 80.6. The summed E-state index contributed by atoms with van der Waals surface area (Å²) >= 11 is 0. The maximum absolute atomic E-state index is 2.40. The van der Waals surface area contributed by atoms with E-state index in [0.29, 0.717) is 0 Å². The quantitative estimate of drug-likeness (QED) is 0.104. The maximum Gasteiger partial charge on any atom is 0.0541 e. The first-order chi connectivity index (χ1) is 72.3. The van der Waals surface area contributed by atoms with E-state index in [4.69, 9.17) is 0 Å². The first-order valence-electron chi connectivity index (χ1n) is 50.4. The minimum absolute atomic E-state index is 1.13. The number of rotatable bonds is 14. The molecule has 0 saturated heterocycles. The molecule has 6 aromatic heterocycles. The van der Waals surface area contributed by atoms with Crippen LogP contribution >= 0.6 is 0 Å². The third kappa shape index (κ3) is 14.5. The van der Waals surface area contributed by atoms with Crippen molar-refractivity contribution in [3.05, 3.63) is 557 Å². The van der Waals surface area contributed by atoms with E-state index < -0.39 is 0 Å². The van der Waals surface area contributed by atoms with Crippen LogP contribution in [0.25, 0.3) is 254 Å². The highest BCUT2D eigenvalue weighted by Crippen LogP contribution is 2.57. The third-order valence-corrected chi connectivity index (χ3v) is 29.9. The van der Waals surface area contributed by atoms with Crippen molar-refractivity contribution in [2.75, 3.05) is 0 Å². The van der Waals surface area contributed by atoms with Crippen LogP contribution in [0.15, 0.2) is 546 Å². The van der Waals surface area contributed by atoms with Crippen LogP contribution in [0.1, 0.15) is 11.1 Å². The Morgan fingerprint density at radius 2 is 0.240 bits per heavy atom. The van der Waals surface area contributed by atoms with E-state index in [1.807, 2.05) is 0 Å². The molecule has 29 rings (SSSR count). The van der Waals surface area contributed by atoms with Gasteiger partial charge in [0, 0.05) is 98.8 Å². The Balaban J connectivity index is 0.000000116. The van der Waals surface area contributed by atoms with E-state index >= 15 is 0 Å². The SMILES string of the molecule is Cc1cc(-n2c3ccccc3c3ccccc32)ccc1-c1ccc(-n2c3ccccc3c3ccccc32)cc1C.c1ccc(-c2c(-c3ccccc3)c(-c3ccc(-n4c5ccccc5c5ccccc54)cc3)c(-c3ccccc3)c(-c3ccccc3)c2-c2ccc(-n3c4ccccc4c4ccccc43)cc2)cc1.c1ccc2c(c1)c1ccccc1n2-c1ccc(-c2ccc(-n3c4ccccc4c4ccccc43)cc2)cc1. The molecule has 146 heavy (non-hydrogen) atoms. The van der Waals surface area contributed by atoms with E-state index in [-0.39, 0.29) is 0 Å². The molecule has 0 unspecified atom stereocenters. The lowest BCUT2D eigenvalue weighted by Gasteiger charge is -2.29. The fraction of sp³-hybridized carbons (Fsp3) is 0.0143. The highest BCUT2D eigenvalue weighted by Gasteiger charge is 2.31. The summed E-state index contributed by atoms with van der Waals surface area (Å²) in [4.78, 5) is 0. The van der Waals surface area contributed by atoms with Gasteiger partial charge in [-0.1, -0.05) is 400 Å². The van der Waals surface area contributed by atoms with Gasteiger partial charge < -0.3 is 27.4 Å². The van der Waals surface area contributed by atoms with E-state index in [0.717, 1.165) is 44.8 Å². The largest absolute Gasteiger partial charge is 0.309 e. The smallest absolute Gasteiger partial charge is 0.0541 e. The summed E-state index contributed by atoms with van der Waals surface area (Å²) in [5, 5.41) is 15.3. The van der Waals surface area contributed by atoms with Crippen LogP contribution < -0.4 is 0 Å². The van der Waals surface area contributed by atoms with Crippen molar-refractivity contribution in [3.63, 3.8) is 0 Å². The molecule has 0 bridgehead atoms. The predicted molar refractivity (Wildman–Crippen MR) is 618 cm³/mol. The Bertz CT molecular complexity index is 9090. The lowest BCUT2D eigenvalue weighted by molar-refractivity contribution is 1.16. The minimum Gasteiger partial charge on any atom is -0.309 e. The Morgan fingerprint density at radius 3 is 0.404 bits per heavy atom. The fourth-order valence-corrected chi connectivity index (χ4v) is 23.4. The number of hydrogen-bond donors (Lipinski definition) is 0. The molecule has 0 atom stereocenters. The minimum atomic E-state index is 1.13. The zero-order chi connectivity index (χ0) is 96.8. The number of fused-ring (bicyclic) bond motifs is 18. The molecule has 0 aliphatic heterocycles. The fourth-order valence-electron chi connectivity index (χ4n) is 23.4. The molecule has 0 aliphatic rings. The normalized spacial score (nSPS) is 11.6. The topological polar surface area (TPSA) is 29.6 Å². The number of para-hydroxylation sites is 12. The number of hydrogen-bond acceptors (Lipinski definition) is 0. The molecule has 0 amide bonds. The Labute approximate surface area is 846 Å². The van der Waals surface area contributed by atoms with Gasteiger partial charge in [0.1, 0.15) is 0 Å². The van der Waals surface area contributed by atoms with Crippen LogP contribution in [0.2, 0.25) is 0 Å². The second kappa shape index (κ2) is 36.2. The van der Waals surface area contributed by atoms with Crippen LogP contribution in [0, 0.1) is 13.8 Å². The first-order valence-corrected chi connectivity index (χ1v) is 50.4. The standard InChI is InChI=1S/C66H44N2.C38H28N2.C36H24N2/c1-5-21-45(22-6-1)61-62(46-23-7-2-8-24-46)66(50-39-43-52(44-40-50)68-59-35-19-15-31-55(59)56-32-16-20-36-60(56)68)64(48-27-11-4-12-28-48)63(47-25-9-3-10-26-47)65(61)49-37-41-51(42-38-49)67-57-33-17-13-29-53(57)54-30-14-18-34-58(54)67;1-25-23-27(39-35-15-7-3-11-31(35)32-12-4-8-16-36(32)39)19-21-29(25)30-22-20-28(24-26(30)2)40-37-17-9-5-13-33(37)34-14-6-10-18-38(34)40;1-5-13-33-29(9-1)30-10-2-6-14-34(30)37(33)27-21-17-25(18-22-27)26-19-23-28(24-20-26)38-35-15-7-3-11-31(35)32-12-4-8-16-36(32)38/h1-44H;3-24H,1-2H3;1-24H. The van der Waals surface area contributed by atoms with Gasteiger partial charge in [-0.25, -0.2) is 0 Å². The summed E-state index contributed by atoms with van der Waals surface area (Å²) in [5.74, 6) is 0. The van der Waals surface area contributed by atoms with Crippen LogP contribution in [-0.4, -0.2) is 27.4 Å². The molecule has 6 heterocycles. The third-order valence-electron chi connectivity index (χ3n) is 29.9. The first kappa shape index (κ1) is 86.0. The summed E-state index contributed by atoms with van der Waals surface area (Å²) in [5.41, 5.74) is 43.3. The summed E-state index contributed by atoms with van der Waals surface area (Å²) in [7, 11) is 0. The monoisotopic (exact) mass is 1860 g/mol. The number of nitrogens with zero attached hydrogens (tertiary/aromatic N) is 6. The predicted octanol–water partition coefficient (Wildman–Crippen LogP) is 37.6. The van der Waals surface area contributed by atoms with Gasteiger partial charge in [0.05, 0.1) is 66.2 Å². The molecular formula is C140H96N6. The van der Waals surface area contributed by atoms with E-state index in [2.05, 4.69) is 587 Å². The Kier molecular flexibility index (Phi) is 21.3. The molecule has 0 radical (unpaired) electrons. The van der Waals surface area contributed by atoms with Gasteiger partial charge in [-0.05, 0) is 260 Å². The maximum atomic E-state index is 2.40. The number of benzene rings is 23. The van der Waals surface area contributed by atoms with Crippen LogP contribution in [0.4, 0.5) is 0 Å². The van der Waals surface area contributed by atoms with Gasteiger partial charge in [-0.15, -0.1) is 0 Å². The van der Waals surface area contributed by atoms with Gasteiger partial charge in [-0.2, -0.15) is 0 Å². The molecule has 0 saturated carbocycles. The molecule has 6 nitrogen and oxygen atoms in total. The average Bonchev–Trinajstić information content (AvgIpc) is 1.11. The lowest BCUT2D eigenvalue weighted by atomic mass is 9.74. The summed E-state index contributed by atoms with van der Waals surface area (Å²) in [6.07, 6.45) is 0. The summed E-state index contributed by atoms with van der Waals surface area (Å²) in [6, 6.07) is 199. The Hall–Kier alpha value is -19.1. The van der Waals surface area contributed by atoms with Crippen molar-refractivity contribution >= 4 is 131 Å². The molecule has 29 aromatic rings. The number of aromatic nitrogens is 6. The molecular weight excluding hydrogens is 1770 g/mol. The van der Waals surface area contributed by atoms with Gasteiger partial charge in [0.15, 0.2) is 0 Å². The van der Waals surface area contributed by atoms with Gasteiger partial charge >= 0.3 is 0 Å². The van der Waals surface area contributed by atoms with Crippen LogP contribution in [0.5, 0.6) is 0 Å². The molecule has 23 aromatic carbocycles. The van der Waals surface area contributed by atoms with Gasteiger partial charge in [0.25, 0.3) is 0 Å². The van der Waals surface area contributed by atoms with Crippen molar-refractivity contribution in [2.24, 2.45) is 0 Å². The van der Waals surface area contributed by atoms with E-state index in [1.165, 1.54) is 220 Å². The zero-order valence-corrected chi connectivity index (χ0v) is 80.6. The van der Waals surface area contributed by atoms with E-state index in [9.17, 15) is 0 Å². The molecule has 6 heteroatoms. The van der Waals surface area contributed by atoms with Crippen molar-refractivity contribution in [1.82, 2.24) is 27.4 Å². The lowest BCUT2D eigenvalue weighted by Crippen LogP contribution is -2.02.